The largest absolute Gasteiger partial charge is 0.448 e. The lowest BCUT2D eigenvalue weighted by Gasteiger charge is -2.26. The number of furan rings is 1. The van der Waals surface area contributed by atoms with Crippen LogP contribution in [-0.4, -0.2) is 37.1 Å². The molecule has 1 fully saturated rings. The standard InChI is InChI=1S/C22H23FN2O3/c1-15-18-3-2-4-19(23)21(18)28-20(15)22(26)24-13-16-5-7-17(8-6-16)14-25-9-11-27-12-10-25/h2-8H,9-14H2,1H3,(H,24,26). The molecule has 6 heteroatoms. The number of nitrogens with one attached hydrogen (secondary N) is 1. The van der Waals surface area contributed by atoms with Crippen LogP contribution in [0.25, 0.3) is 11.0 Å². The van der Waals surface area contributed by atoms with Crippen LogP contribution in [-0.2, 0) is 17.8 Å². The molecule has 1 aromatic heterocycles. The summed E-state index contributed by atoms with van der Waals surface area (Å²) in [6.45, 7) is 6.53. The van der Waals surface area contributed by atoms with Crippen molar-refractivity contribution in [2.75, 3.05) is 26.3 Å². The average molecular weight is 382 g/mol. The minimum atomic E-state index is -0.462. The Balaban J connectivity index is 1.38. The maximum Gasteiger partial charge on any atom is 0.287 e. The molecule has 0 aliphatic carbocycles. The third kappa shape index (κ3) is 3.93. The second-order valence-electron chi connectivity index (χ2n) is 7.06. The zero-order valence-corrected chi connectivity index (χ0v) is 15.8. The van der Waals surface area contributed by atoms with Crippen LogP contribution in [0.15, 0.2) is 46.9 Å². The summed E-state index contributed by atoms with van der Waals surface area (Å²) in [4.78, 5) is 14.9. The molecule has 4 rings (SSSR count). The fourth-order valence-electron chi connectivity index (χ4n) is 3.47. The first-order valence-corrected chi connectivity index (χ1v) is 9.45. The zero-order chi connectivity index (χ0) is 19.5. The number of hydrogen-bond donors (Lipinski definition) is 1. The van der Waals surface area contributed by atoms with Gasteiger partial charge in [-0.25, -0.2) is 4.39 Å². The molecular weight excluding hydrogens is 359 g/mol. The number of carbonyl (C=O) groups excluding carboxylic acids is 1. The summed E-state index contributed by atoms with van der Waals surface area (Å²) in [6.07, 6.45) is 0. The molecule has 2 aromatic carbocycles. The van der Waals surface area contributed by atoms with Crippen molar-refractivity contribution in [1.29, 1.82) is 0 Å². The van der Waals surface area contributed by atoms with Crippen LogP contribution in [0, 0.1) is 12.7 Å². The lowest BCUT2D eigenvalue weighted by Crippen LogP contribution is -2.35. The van der Waals surface area contributed by atoms with Gasteiger partial charge in [-0.3, -0.25) is 9.69 Å². The Hall–Kier alpha value is -2.70. The molecule has 0 saturated carbocycles. The first kappa shape index (κ1) is 18.7. The number of fused-ring (bicyclic) bond motifs is 1. The fraction of sp³-hybridized carbons (Fsp3) is 0.318. The van der Waals surface area contributed by atoms with Crippen LogP contribution in [0.4, 0.5) is 4.39 Å². The van der Waals surface area contributed by atoms with E-state index in [4.69, 9.17) is 9.15 Å². The van der Waals surface area contributed by atoms with Crippen molar-refractivity contribution >= 4 is 16.9 Å². The number of ether oxygens (including phenoxy) is 1. The van der Waals surface area contributed by atoms with Crippen molar-refractivity contribution < 1.29 is 18.3 Å². The number of aryl methyl sites for hydroxylation is 1. The van der Waals surface area contributed by atoms with Gasteiger partial charge in [0.2, 0.25) is 0 Å². The van der Waals surface area contributed by atoms with Gasteiger partial charge in [-0.15, -0.1) is 0 Å². The van der Waals surface area contributed by atoms with E-state index in [9.17, 15) is 9.18 Å². The summed E-state index contributed by atoms with van der Waals surface area (Å²) in [5.74, 6) is -0.648. The number of amides is 1. The molecule has 146 valence electrons. The van der Waals surface area contributed by atoms with Crippen molar-refractivity contribution in [3.63, 3.8) is 0 Å². The molecule has 0 radical (unpaired) electrons. The Kier molecular flexibility index (Phi) is 5.41. The number of para-hydroxylation sites is 1. The summed E-state index contributed by atoms with van der Waals surface area (Å²) < 4.78 is 24.7. The molecular formula is C22H23FN2O3. The van der Waals surface area contributed by atoms with E-state index in [1.165, 1.54) is 11.6 Å². The fourth-order valence-corrected chi connectivity index (χ4v) is 3.47. The molecule has 1 saturated heterocycles. The molecule has 1 aliphatic rings. The molecule has 1 amide bonds. The van der Waals surface area contributed by atoms with Crippen LogP contribution in [0.5, 0.6) is 0 Å². The third-order valence-electron chi connectivity index (χ3n) is 5.11. The van der Waals surface area contributed by atoms with Crippen molar-refractivity contribution in [1.82, 2.24) is 10.2 Å². The molecule has 1 N–H and O–H groups in total. The highest BCUT2D eigenvalue weighted by Crippen LogP contribution is 2.27. The highest BCUT2D eigenvalue weighted by Gasteiger charge is 2.19. The predicted octanol–water partition coefficient (Wildman–Crippen LogP) is 3.64. The normalized spacial score (nSPS) is 15.1. The Bertz CT molecular complexity index is 975. The topological polar surface area (TPSA) is 54.7 Å². The number of carbonyl (C=O) groups is 1. The van der Waals surface area contributed by atoms with Gasteiger partial charge in [-0.05, 0) is 24.1 Å². The highest BCUT2D eigenvalue weighted by molar-refractivity contribution is 5.98. The number of halogens is 1. The Morgan fingerprint density at radius 1 is 1.11 bits per heavy atom. The maximum absolute atomic E-state index is 13.9. The Morgan fingerprint density at radius 2 is 1.82 bits per heavy atom. The van der Waals surface area contributed by atoms with Gasteiger partial charge in [0.1, 0.15) is 0 Å². The molecule has 0 atom stereocenters. The number of hydrogen-bond acceptors (Lipinski definition) is 4. The monoisotopic (exact) mass is 382 g/mol. The summed E-state index contributed by atoms with van der Waals surface area (Å²) in [7, 11) is 0. The van der Waals surface area contributed by atoms with E-state index in [0.29, 0.717) is 17.5 Å². The van der Waals surface area contributed by atoms with Gasteiger partial charge in [0, 0.05) is 37.1 Å². The second-order valence-corrected chi connectivity index (χ2v) is 7.06. The van der Waals surface area contributed by atoms with E-state index in [-0.39, 0.29) is 17.3 Å². The van der Waals surface area contributed by atoms with Gasteiger partial charge in [0.15, 0.2) is 17.2 Å². The average Bonchev–Trinajstić information content (AvgIpc) is 3.06. The molecule has 0 unspecified atom stereocenters. The predicted molar refractivity (Wildman–Crippen MR) is 105 cm³/mol. The number of rotatable bonds is 5. The summed E-state index contributed by atoms with van der Waals surface area (Å²) in [6, 6.07) is 12.9. The molecule has 0 bridgehead atoms. The van der Waals surface area contributed by atoms with Crippen LogP contribution in [0.2, 0.25) is 0 Å². The van der Waals surface area contributed by atoms with E-state index >= 15 is 0 Å². The van der Waals surface area contributed by atoms with Gasteiger partial charge >= 0.3 is 0 Å². The van der Waals surface area contributed by atoms with E-state index in [1.54, 1.807) is 19.1 Å². The van der Waals surface area contributed by atoms with E-state index < -0.39 is 5.82 Å². The van der Waals surface area contributed by atoms with Crippen LogP contribution >= 0.6 is 0 Å². The van der Waals surface area contributed by atoms with Gasteiger partial charge in [-0.1, -0.05) is 36.4 Å². The summed E-state index contributed by atoms with van der Waals surface area (Å²) in [5.41, 5.74) is 3.00. The minimum Gasteiger partial charge on any atom is -0.448 e. The number of nitrogens with zero attached hydrogens (tertiary/aromatic N) is 1. The van der Waals surface area contributed by atoms with E-state index in [2.05, 4.69) is 22.3 Å². The minimum absolute atomic E-state index is 0.123. The smallest absolute Gasteiger partial charge is 0.287 e. The van der Waals surface area contributed by atoms with E-state index in [1.807, 2.05) is 12.1 Å². The lowest BCUT2D eigenvalue weighted by atomic mass is 10.1. The zero-order valence-electron chi connectivity index (χ0n) is 15.8. The van der Waals surface area contributed by atoms with Gasteiger partial charge in [0.25, 0.3) is 5.91 Å². The third-order valence-corrected chi connectivity index (χ3v) is 5.11. The number of benzene rings is 2. The van der Waals surface area contributed by atoms with Crippen LogP contribution < -0.4 is 5.32 Å². The van der Waals surface area contributed by atoms with Gasteiger partial charge in [0.05, 0.1) is 13.2 Å². The van der Waals surface area contributed by atoms with Crippen molar-refractivity contribution in [3.8, 4) is 0 Å². The van der Waals surface area contributed by atoms with Gasteiger partial charge < -0.3 is 14.5 Å². The van der Waals surface area contributed by atoms with Crippen LogP contribution in [0.1, 0.15) is 27.2 Å². The van der Waals surface area contributed by atoms with Crippen molar-refractivity contribution in [3.05, 3.63) is 70.7 Å². The van der Waals surface area contributed by atoms with Crippen LogP contribution in [0.3, 0.4) is 0 Å². The summed E-state index contributed by atoms with van der Waals surface area (Å²) >= 11 is 0. The number of morpholine rings is 1. The molecule has 28 heavy (non-hydrogen) atoms. The lowest BCUT2D eigenvalue weighted by molar-refractivity contribution is 0.0342. The molecule has 1 aliphatic heterocycles. The quantitative estimate of drug-likeness (QED) is 0.732. The molecule has 5 nitrogen and oxygen atoms in total. The Labute approximate surface area is 163 Å². The van der Waals surface area contributed by atoms with Gasteiger partial charge in [-0.2, -0.15) is 0 Å². The Morgan fingerprint density at radius 3 is 2.54 bits per heavy atom. The van der Waals surface area contributed by atoms with Crippen molar-refractivity contribution in [2.24, 2.45) is 0 Å². The highest BCUT2D eigenvalue weighted by atomic mass is 19.1. The maximum atomic E-state index is 13.9. The molecule has 3 aromatic rings. The first-order valence-electron chi connectivity index (χ1n) is 9.45. The second kappa shape index (κ2) is 8.12. The summed E-state index contributed by atoms with van der Waals surface area (Å²) in [5, 5.41) is 3.48. The SMILES string of the molecule is Cc1c(C(=O)NCc2ccc(CN3CCOCC3)cc2)oc2c(F)cccc12. The first-order chi connectivity index (χ1) is 13.6. The molecule has 2 heterocycles. The molecule has 0 spiro atoms. The van der Waals surface area contributed by atoms with E-state index in [0.717, 1.165) is 38.4 Å². The van der Waals surface area contributed by atoms with Crippen molar-refractivity contribution in [2.45, 2.75) is 20.0 Å².